The molecule has 4 rings (SSSR count). The van der Waals surface area contributed by atoms with Crippen molar-refractivity contribution in [3.8, 4) is 0 Å². The first-order valence-electron chi connectivity index (χ1n) is 8.81. The standard InChI is InChI=1S/C22H17ClN2O3S/c1-29(27,28)17-10-8-16(9-11-17)24-21(14-5-3-2-4-6-14)20-18-12-7-15(23)13-19(18)25-22(20)26/h2-13,24H,1H3,(H,25,26)/b21-20-. The van der Waals surface area contributed by atoms with Crippen molar-refractivity contribution in [3.63, 3.8) is 0 Å². The van der Waals surface area contributed by atoms with Crippen molar-refractivity contribution in [1.29, 1.82) is 0 Å². The number of fused-ring (bicyclic) bond motifs is 1. The fraction of sp³-hybridized carbons (Fsp3) is 0.0455. The Bertz CT molecular complexity index is 1230. The Labute approximate surface area is 173 Å². The van der Waals surface area contributed by atoms with Crippen LogP contribution in [0.25, 0.3) is 11.3 Å². The van der Waals surface area contributed by atoms with Crippen molar-refractivity contribution in [1.82, 2.24) is 0 Å². The molecule has 7 heteroatoms. The highest BCUT2D eigenvalue weighted by Gasteiger charge is 2.28. The summed E-state index contributed by atoms with van der Waals surface area (Å²) in [5.41, 5.74) is 4.01. The maximum atomic E-state index is 12.8. The Morgan fingerprint density at radius 2 is 1.66 bits per heavy atom. The first-order chi connectivity index (χ1) is 13.8. The van der Waals surface area contributed by atoms with E-state index in [2.05, 4.69) is 10.6 Å². The number of anilines is 2. The maximum absolute atomic E-state index is 12.8. The van der Waals surface area contributed by atoms with Gasteiger partial charge in [0.2, 0.25) is 0 Å². The number of nitrogens with one attached hydrogen (secondary N) is 2. The fourth-order valence-corrected chi connectivity index (χ4v) is 4.01. The predicted octanol–water partition coefficient (Wildman–Crippen LogP) is 4.68. The molecule has 1 aliphatic heterocycles. The average Bonchev–Trinajstić information content (AvgIpc) is 3.01. The van der Waals surface area contributed by atoms with E-state index in [0.29, 0.717) is 27.7 Å². The Balaban J connectivity index is 1.84. The molecule has 0 atom stereocenters. The third-order valence-electron chi connectivity index (χ3n) is 4.59. The van der Waals surface area contributed by atoms with Crippen LogP contribution in [0.15, 0.2) is 77.7 Å². The van der Waals surface area contributed by atoms with Crippen LogP contribution in [0.5, 0.6) is 0 Å². The zero-order chi connectivity index (χ0) is 20.6. The molecule has 0 aromatic heterocycles. The van der Waals surface area contributed by atoms with Crippen LogP contribution in [0.3, 0.4) is 0 Å². The minimum absolute atomic E-state index is 0.232. The fourth-order valence-electron chi connectivity index (χ4n) is 3.21. The summed E-state index contributed by atoms with van der Waals surface area (Å²) in [7, 11) is -3.29. The first-order valence-corrected chi connectivity index (χ1v) is 11.1. The van der Waals surface area contributed by atoms with Crippen LogP contribution in [-0.2, 0) is 14.6 Å². The van der Waals surface area contributed by atoms with E-state index in [1.54, 1.807) is 24.3 Å². The molecule has 1 heterocycles. The highest BCUT2D eigenvalue weighted by molar-refractivity contribution is 7.90. The largest absolute Gasteiger partial charge is 0.354 e. The summed E-state index contributed by atoms with van der Waals surface area (Å²) in [5, 5.41) is 6.68. The number of hydrogen-bond donors (Lipinski definition) is 2. The Kier molecular flexibility index (Phi) is 4.90. The molecular formula is C22H17ClN2O3S. The van der Waals surface area contributed by atoms with Crippen molar-refractivity contribution >= 4 is 50.0 Å². The van der Waals surface area contributed by atoms with Crippen LogP contribution in [0.4, 0.5) is 11.4 Å². The second-order valence-electron chi connectivity index (χ2n) is 6.68. The lowest BCUT2D eigenvalue weighted by atomic mass is 10.00. The molecule has 0 fully saturated rings. The van der Waals surface area contributed by atoms with Gasteiger partial charge in [-0.2, -0.15) is 0 Å². The Morgan fingerprint density at radius 3 is 2.31 bits per heavy atom. The van der Waals surface area contributed by atoms with Crippen LogP contribution in [0.2, 0.25) is 5.02 Å². The van der Waals surface area contributed by atoms with E-state index in [4.69, 9.17) is 11.6 Å². The first kappa shape index (κ1) is 19.2. The van der Waals surface area contributed by atoms with Crippen molar-refractivity contribution in [2.45, 2.75) is 4.90 Å². The molecule has 0 saturated heterocycles. The smallest absolute Gasteiger partial charge is 0.258 e. The SMILES string of the molecule is CS(=O)(=O)c1ccc(N/C(=C2\C(=O)Nc3cc(Cl)ccc32)c2ccccc2)cc1. The second kappa shape index (κ2) is 7.39. The van der Waals surface area contributed by atoms with Crippen molar-refractivity contribution in [2.24, 2.45) is 0 Å². The third-order valence-corrected chi connectivity index (χ3v) is 5.95. The molecule has 0 bridgehead atoms. The quantitative estimate of drug-likeness (QED) is 0.596. The van der Waals surface area contributed by atoms with Crippen molar-refractivity contribution in [2.75, 3.05) is 16.9 Å². The van der Waals surface area contributed by atoms with E-state index in [0.717, 1.165) is 17.4 Å². The van der Waals surface area contributed by atoms with Gasteiger partial charge in [0.25, 0.3) is 5.91 Å². The molecule has 3 aromatic rings. The molecule has 1 amide bonds. The topological polar surface area (TPSA) is 75.3 Å². The highest BCUT2D eigenvalue weighted by atomic mass is 35.5. The van der Waals surface area contributed by atoms with Gasteiger partial charge in [0.05, 0.1) is 21.9 Å². The summed E-state index contributed by atoms with van der Waals surface area (Å²) >= 11 is 6.06. The molecule has 0 spiro atoms. The number of hydrogen-bond acceptors (Lipinski definition) is 4. The van der Waals surface area contributed by atoms with Gasteiger partial charge in [-0.3, -0.25) is 4.79 Å². The summed E-state index contributed by atoms with van der Waals surface area (Å²) in [6.07, 6.45) is 1.16. The van der Waals surface area contributed by atoms with E-state index in [1.165, 1.54) is 12.1 Å². The van der Waals surface area contributed by atoms with Gasteiger partial charge in [-0.1, -0.05) is 48.0 Å². The van der Waals surface area contributed by atoms with E-state index < -0.39 is 9.84 Å². The van der Waals surface area contributed by atoms with Crippen molar-refractivity contribution < 1.29 is 13.2 Å². The van der Waals surface area contributed by atoms with Gasteiger partial charge in [-0.15, -0.1) is 0 Å². The minimum Gasteiger partial charge on any atom is -0.354 e. The highest BCUT2D eigenvalue weighted by Crippen LogP contribution is 2.38. The molecule has 2 N–H and O–H groups in total. The number of benzene rings is 3. The minimum atomic E-state index is -3.29. The molecule has 0 unspecified atom stereocenters. The van der Waals surface area contributed by atoms with Gasteiger partial charge >= 0.3 is 0 Å². The van der Waals surface area contributed by atoms with Gasteiger partial charge in [0.15, 0.2) is 9.84 Å². The van der Waals surface area contributed by atoms with Gasteiger partial charge in [-0.05, 0) is 42.0 Å². The predicted molar refractivity (Wildman–Crippen MR) is 117 cm³/mol. The third kappa shape index (κ3) is 3.90. The maximum Gasteiger partial charge on any atom is 0.258 e. The van der Waals surface area contributed by atoms with E-state index in [-0.39, 0.29) is 10.8 Å². The monoisotopic (exact) mass is 424 g/mol. The van der Waals surface area contributed by atoms with Crippen LogP contribution in [-0.4, -0.2) is 20.6 Å². The van der Waals surface area contributed by atoms with Gasteiger partial charge < -0.3 is 10.6 Å². The number of sulfone groups is 1. The average molecular weight is 425 g/mol. The summed E-state index contributed by atoms with van der Waals surface area (Å²) in [6.45, 7) is 0. The van der Waals surface area contributed by atoms with Crippen LogP contribution in [0, 0.1) is 0 Å². The zero-order valence-corrected chi connectivity index (χ0v) is 17.0. The van der Waals surface area contributed by atoms with Crippen LogP contribution < -0.4 is 10.6 Å². The number of carbonyl (C=O) groups excluding carboxylic acids is 1. The summed E-state index contributed by atoms with van der Waals surface area (Å²) in [4.78, 5) is 13.0. The Morgan fingerprint density at radius 1 is 0.966 bits per heavy atom. The lowest BCUT2D eigenvalue weighted by Gasteiger charge is -2.15. The van der Waals surface area contributed by atoms with Gasteiger partial charge in [0.1, 0.15) is 0 Å². The van der Waals surface area contributed by atoms with Gasteiger partial charge in [-0.25, -0.2) is 8.42 Å². The number of amides is 1. The van der Waals surface area contributed by atoms with Crippen LogP contribution >= 0.6 is 11.6 Å². The number of halogens is 1. The molecule has 0 radical (unpaired) electrons. The van der Waals surface area contributed by atoms with E-state index in [9.17, 15) is 13.2 Å². The second-order valence-corrected chi connectivity index (χ2v) is 9.13. The Hall–Kier alpha value is -3.09. The molecule has 1 aliphatic rings. The van der Waals surface area contributed by atoms with E-state index >= 15 is 0 Å². The number of carbonyl (C=O) groups is 1. The van der Waals surface area contributed by atoms with E-state index in [1.807, 2.05) is 36.4 Å². The molecule has 0 saturated carbocycles. The summed E-state index contributed by atoms with van der Waals surface area (Å²) in [6, 6.07) is 21.2. The molecular weight excluding hydrogens is 408 g/mol. The molecule has 29 heavy (non-hydrogen) atoms. The van der Waals surface area contributed by atoms with Gasteiger partial charge in [0, 0.05) is 22.5 Å². The zero-order valence-electron chi connectivity index (χ0n) is 15.4. The molecule has 3 aromatic carbocycles. The number of rotatable bonds is 4. The van der Waals surface area contributed by atoms with Crippen LogP contribution in [0.1, 0.15) is 11.1 Å². The normalized spacial score (nSPS) is 14.9. The molecule has 0 aliphatic carbocycles. The summed E-state index contributed by atoms with van der Waals surface area (Å²) < 4.78 is 23.4. The summed E-state index contributed by atoms with van der Waals surface area (Å²) in [5.74, 6) is -0.235. The van der Waals surface area contributed by atoms with Crippen molar-refractivity contribution in [3.05, 3.63) is 88.9 Å². The lowest BCUT2D eigenvalue weighted by molar-refractivity contribution is -0.110. The molecule has 5 nitrogen and oxygen atoms in total. The lowest BCUT2D eigenvalue weighted by Crippen LogP contribution is -2.10. The molecule has 146 valence electrons.